The highest BCUT2D eigenvalue weighted by atomic mass is 19.1. The number of hydrogen-bond donors (Lipinski definition) is 1. The molecular formula is C23H25FN2O2. The van der Waals surface area contributed by atoms with E-state index in [1.165, 1.54) is 18.6 Å². The van der Waals surface area contributed by atoms with Crippen LogP contribution in [0.4, 0.5) is 4.39 Å². The first-order valence-electron chi connectivity index (χ1n) is 10.1. The van der Waals surface area contributed by atoms with Crippen molar-refractivity contribution in [2.24, 2.45) is 0 Å². The van der Waals surface area contributed by atoms with Crippen molar-refractivity contribution in [3.05, 3.63) is 71.0 Å². The Balaban J connectivity index is 1.55. The van der Waals surface area contributed by atoms with Gasteiger partial charge in [-0.3, -0.25) is 9.59 Å². The third-order valence-corrected chi connectivity index (χ3v) is 5.83. The van der Waals surface area contributed by atoms with Crippen LogP contribution in [-0.4, -0.2) is 22.8 Å². The van der Waals surface area contributed by atoms with Gasteiger partial charge in [-0.1, -0.05) is 49.6 Å². The van der Waals surface area contributed by atoms with E-state index in [9.17, 15) is 14.0 Å². The number of carbonyl (C=O) groups is 2. The van der Waals surface area contributed by atoms with Gasteiger partial charge in [0.05, 0.1) is 12.5 Å². The van der Waals surface area contributed by atoms with Gasteiger partial charge in [-0.05, 0) is 42.2 Å². The molecule has 1 fully saturated rings. The number of amides is 2. The molecule has 1 N–H and O–H groups in total. The number of nitrogens with one attached hydrogen (secondary N) is 1. The fourth-order valence-corrected chi connectivity index (χ4v) is 4.33. The van der Waals surface area contributed by atoms with Crippen molar-refractivity contribution in [2.45, 2.75) is 57.2 Å². The normalized spacial score (nSPS) is 18.0. The van der Waals surface area contributed by atoms with Crippen LogP contribution in [0.15, 0.2) is 48.5 Å². The molecule has 0 bridgehead atoms. The maximum Gasteiger partial charge on any atom is 0.255 e. The van der Waals surface area contributed by atoms with E-state index in [1.807, 2.05) is 24.3 Å². The summed E-state index contributed by atoms with van der Waals surface area (Å²) in [5.74, 6) is -0.453. The van der Waals surface area contributed by atoms with E-state index < -0.39 is 6.04 Å². The molecule has 0 saturated heterocycles. The Bertz CT molecular complexity index is 859. The summed E-state index contributed by atoms with van der Waals surface area (Å²) in [6.07, 6.45) is 5.73. The van der Waals surface area contributed by atoms with Crippen molar-refractivity contribution in [1.82, 2.24) is 10.2 Å². The zero-order chi connectivity index (χ0) is 19.5. The van der Waals surface area contributed by atoms with Crippen LogP contribution >= 0.6 is 0 Å². The van der Waals surface area contributed by atoms with Crippen molar-refractivity contribution < 1.29 is 14.0 Å². The van der Waals surface area contributed by atoms with Gasteiger partial charge in [0.1, 0.15) is 5.82 Å². The van der Waals surface area contributed by atoms with Gasteiger partial charge in [-0.25, -0.2) is 4.39 Å². The van der Waals surface area contributed by atoms with E-state index in [2.05, 4.69) is 5.32 Å². The molecule has 0 spiro atoms. The molecule has 5 heteroatoms. The van der Waals surface area contributed by atoms with E-state index in [-0.39, 0.29) is 30.1 Å². The third-order valence-electron chi connectivity index (χ3n) is 5.83. The van der Waals surface area contributed by atoms with Gasteiger partial charge in [0.2, 0.25) is 5.91 Å². The minimum atomic E-state index is -0.413. The first-order chi connectivity index (χ1) is 13.6. The SMILES string of the molecule is O=C(C[C@@H](c1ccc(F)cc1)N1Cc2ccccc2C1=O)NC1CCCCC1. The van der Waals surface area contributed by atoms with E-state index >= 15 is 0 Å². The van der Waals surface area contributed by atoms with Crippen molar-refractivity contribution in [2.75, 3.05) is 0 Å². The summed E-state index contributed by atoms with van der Waals surface area (Å²) >= 11 is 0. The molecule has 2 aliphatic rings. The predicted molar refractivity (Wildman–Crippen MR) is 105 cm³/mol. The van der Waals surface area contributed by atoms with Crippen LogP contribution < -0.4 is 5.32 Å². The second-order valence-corrected chi connectivity index (χ2v) is 7.76. The lowest BCUT2D eigenvalue weighted by atomic mass is 9.95. The van der Waals surface area contributed by atoms with Crippen molar-refractivity contribution in [1.29, 1.82) is 0 Å². The number of fused-ring (bicyclic) bond motifs is 1. The summed E-state index contributed by atoms with van der Waals surface area (Å²) in [5.41, 5.74) is 2.43. The van der Waals surface area contributed by atoms with E-state index in [1.54, 1.807) is 17.0 Å². The first kappa shape index (κ1) is 18.7. The molecule has 1 atom stereocenters. The quantitative estimate of drug-likeness (QED) is 0.838. The summed E-state index contributed by atoms with van der Waals surface area (Å²) < 4.78 is 13.4. The molecule has 1 aliphatic carbocycles. The van der Waals surface area contributed by atoms with Gasteiger partial charge in [-0.2, -0.15) is 0 Å². The van der Waals surface area contributed by atoms with Gasteiger partial charge in [0.15, 0.2) is 0 Å². The number of halogens is 1. The zero-order valence-corrected chi connectivity index (χ0v) is 15.9. The number of rotatable bonds is 5. The van der Waals surface area contributed by atoms with Crippen LogP contribution in [0.5, 0.6) is 0 Å². The lowest BCUT2D eigenvalue weighted by Crippen LogP contribution is -2.39. The van der Waals surface area contributed by atoms with Gasteiger partial charge < -0.3 is 10.2 Å². The molecule has 0 unspecified atom stereocenters. The van der Waals surface area contributed by atoms with Crippen molar-refractivity contribution in [3.8, 4) is 0 Å². The Kier molecular flexibility index (Phi) is 5.42. The Morgan fingerprint density at radius 1 is 1.07 bits per heavy atom. The van der Waals surface area contributed by atoms with Crippen LogP contribution in [-0.2, 0) is 11.3 Å². The maximum absolute atomic E-state index is 13.4. The number of benzene rings is 2. The molecule has 1 heterocycles. The highest BCUT2D eigenvalue weighted by molar-refractivity contribution is 5.98. The van der Waals surface area contributed by atoms with Crippen LogP contribution in [0.3, 0.4) is 0 Å². The average Bonchev–Trinajstić information content (AvgIpc) is 3.04. The number of nitrogens with zero attached hydrogens (tertiary/aromatic N) is 1. The van der Waals surface area contributed by atoms with Crippen molar-refractivity contribution >= 4 is 11.8 Å². The molecule has 1 saturated carbocycles. The van der Waals surface area contributed by atoms with E-state index in [0.717, 1.165) is 36.8 Å². The van der Waals surface area contributed by atoms with E-state index in [0.29, 0.717) is 12.1 Å². The lowest BCUT2D eigenvalue weighted by Gasteiger charge is -2.29. The largest absolute Gasteiger partial charge is 0.353 e. The average molecular weight is 380 g/mol. The standard InChI is InChI=1S/C23H25FN2O2/c24-18-12-10-16(11-13-18)21(14-22(27)25-19-7-2-1-3-8-19)26-15-17-6-4-5-9-20(17)23(26)28/h4-6,9-13,19,21H,1-3,7-8,14-15H2,(H,25,27)/t21-/m0/s1. The summed E-state index contributed by atoms with van der Waals surface area (Å²) in [6.45, 7) is 0.466. The van der Waals surface area contributed by atoms with Gasteiger partial charge in [-0.15, -0.1) is 0 Å². The van der Waals surface area contributed by atoms with Crippen molar-refractivity contribution in [3.63, 3.8) is 0 Å². The third kappa shape index (κ3) is 3.93. The Labute approximate surface area is 164 Å². The first-order valence-corrected chi connectivity index (χ1v) is 10.1. The molecule has 1 aliphatic heterocycles. The fourth-order valence-electron chi connectivity index (χ4n) is 4.33. The zero-order valence-electron chi connectivity index (χ0n) is 15.9. The van der Waals surface area contributed by atoms with Crippen LogP contribution in [0, 0.1) is 5.82 Å². The lowest BCUT2D eigenvalue weighted by molar-refractivity contribution is -0.123. The molecular weight excluding hydrogens is 355 g/mol. The molecule has 146 valence electrons. The van der Waals surface area contributed by atoms with E-state index in [4.69, 9.17) is 0 Å². The molecule has 28 heavy (non-hydrogen) atoms. The minimum absolute atomic E-state index is 0.0509. The van der Waals surface area contributed by atoms with Gasteiger partial charge in [0.25, 0.3) is 5.91 Å². The minimum Gasteiger partial charge on any atom is -0.353 e. The second kappa shape index (κ2) is 8.13. The number of hydrogen-bond acceptors (Lipinski definition) is 2. The monoisotopic (exact) mass is 380 g/mol. The summed E-state index contributed by atoms with van der Waals surface area (Å²) in [6, 6.07) is 13.4. The Morgan fingerprint density at radius 2 is 1.79 bits per heavy atom. The molecule has 2 amide bonds. The molecule has 4 nitrogen and oxygen atoms in total. The van der Waals surface area contributed by atoms with Crippen LogP contribution in [0.1, 0.15) is 66.1 Å². The highest BCUT2D eigenvalue weighted by Gasteiger charge is 2.34. The molecule has 4 rings (SSSR count). The maximum atomic E-state index is 13.4. The second-order valence-electron chi connectivity index (χ2n) is 7.76. The van der Waals surface area contributed by atoms with Crippen LogP contribution in [0.2, 0.25) is 0 Å². The number of carbonyl (C=O) groups excluding carboxylic acids is 2. The molecule has 2 aromatic carbocycles. The van der Waals surface area contributed by atoms with Gasteiger partial charge in [0, 0.05) is 18.2 Å². The molecule has 0 radical (unpaired) electrons. The molecule has 2 aromatic rings. The predicted octanol–water partition coefficient (Wildman–Crippen LogP) is 4.36. The van der Waals surface area contributed by atoms with Crippen LogP contribution in [0.25, 0.3) is 0 Å². The summed E-state index contributed by atoms with van der Waals surface area (Å²) in [5, 5.41) is 3.14. The fraction of sp³-hybridized carbons (Fsp3) is 0.391. The topological polar surface area (TPSA) is 49.4 Å². The Hall–Kier alpha value is -2.69. The highest BCUT2D eigenvalue weighted by Crippen LogP contribution is 2.33. The smallest absolute Gasteiger partial charge is 0.255 e. The summed E-state index contributed by atoms with van der Waals surface area (Å²) in [4.78, 5) is 27.5. The molecule has 0 aromatic heterocycles. The summed E-state index contributed by atoms with van der Waals surface area (Å²) in [7, 11) is 0. The van der Waals surface area contributed by atoms with Gasteiger partial charge >= 0.3 is 0 Å². The Morgan fingerprint density at radius 3 is 2.50 bits per heavy atom.